The minimum absolute atomic E-state index is 0.0328. The molecule has 0 aromatic heterocycles. The third kappa shape index (κ3) is 4.25. The van der Waals surface area contributed by atoms with Gasteiger partial charge in [-0.25, -0.2) is 8.42 Å². The molecule has 1 N–H and O–H groups in total. The predicted octanol–water partition coefficient (Wildman–Crippen LogP) is 2.62. The smallest absolute Gasteiger partial charge is 0.269 e. The predicted molar refractivity (Wildman–Crippen MR) is 102 cm³/mol. The Labute approximate surface area is 157 Å². The Morgan fingerprint density at radius 2 is 1.93 bits per heavy atom. The molecule has 0 saturated carbocycles. The van der Waals surface area contributed by atoms with Gasteiger partial charge >= 0.3 is 0 Å². The van der Waals surface area contributed by atoms with E-state index in [0.29, 0.717) is 29.9 Å². The largest absolute Gasteiger partial charge is 0.325 e. The van der Waals surface area contributed by atoms with Crippen molar-refractivity contribution in [3.8, 4) is 0 Å². The highest BCUT2D eigenvalue weighted by atomic mass is 32.2. The molecule has 2 aromatic carbocycles. The van der Waals surface area contributed by atoms with Crippen molar-refractivity contribution in [2.75, 3.05) is 21.9 Å². The summed E-state index contributed by atoms with van der Waals surface area (Å²) in [6.45, 7) is 2.26. The van der Waals surface area contributed by atoms with E-state index in [0.717, 1.165) is 5.56 Å². The van der Waals surface area contributed by atoms with Crippen molar-refractivity contribution in [3.63, 3.8) is 0 Å². The summed E-state index contributed by atoms with van der Waals surface area (Å²) in [6.07, 6.45) is 0.641. The normalized spacial score (nSPS) is 15.5. The Hall–Kier alpha value is -2.94. The summed E-state index contributed by atoms with van der Waals surface area (Å²) in [7, 11) is -3.29. The number of carbonyl (C=O) groups is 1. The summed E-state index contributed by atoms with van der Waals surface area (Å²) in [4.78, 5) is 22.5. The highest BCUT2D eigenvalue weighted by Gasteiger charge is 2.28. The Morgan fingerprint density at radius 3 is 2.52 bits per heavy atom. The lowest BCUT2D eigenvalue weighted by molar-refractivity contribution is -0.384. The quantitative estimate of drug-likeness (QED) is 0.624. The SMILES string of the molecule is Cc1ccc(N2CCCS2(=O)=O)cc1NC(=O)Cc1ccc([N+](=O)[O-])cc1. The molecule has 0 atom stereocenters. The maximum Gasteiger partial charge on any atom is 0.269 e. The number of hydrogen-bond acceptors (Lipinski definition) is 5. The Bertz CT molecular complexity index is 987. The first kappa shape index (κ1) is 18.8. The second kappa shape index (κ2) is 7.36. The number of nitrogens with one attached hydrogen (secondary N) is 1. The number of nitro benzene ring substituents is 1. The van der Waals surface area contributed by atoms with E-state index in [-0.39, 0.29) is 23.8 Å². The van der Waals surface area contributed by atoms with Crippen molar-refractivity contribution < 1.29 is 18.1 Å². The molecule has 1 aliphatic heterocycles. The number of aryl methyl sites for hydroxylation is 1. The summed E-state index contributed by atoms with van der Waals surface area (Å²) >= 11 is 0. The lowest BCUT2D eigenvalue weighted by Gasteiger charge is -2.19. The molecule has 0 bridgehead atoms. The first-order valence-corrected chi connectivity index (χ1v) is 10.0. The van der Waals surface area contributed by atoms with E-state index >= 15 is 0 Å². The van der Waals surface area contributed by atoms with Gasteiger partial charge in [0.1, 0.15) is 0 Å². The third-order valence-electron chi connectivity index (χ3n) is 4.39. The van der Waals surface area contributed by atoms with E-state index in [1.807, 2.05) is 6.92 Å². The molecule has 1 saturated heterocycles. The number of sulfonamides is 1. The van der Waals surface area contributed by atoms with Gasteiger partial charge in [0, 0.05) is 24.4 Å². The zero-order valence-electron chi connectivity index (χ0n) is 14.7. The molecule has 8 nitrogen and oxygen atoms in total. The van der Waals surface area contributed by atoms with Crippen LogP contribution in [0, 0.1) is 17.0 Å². The molecule has 2 aromatic rings. The zero-order chi connectivity index (χ0) is 19.6. The molecule has 0 unspecified atom stereocenters. The van der Waals surface area contributed by atoms with Gasteiger partial charge in [0.05, 0.1) is 22.8 Å². The highest BCUT2D eigenvalue weighted by Crippen LogP contribution is 2.28. The number of amides is 1. The van der Waals surface area contributed by atoms with Gasteiger partial charge in [-0.1, -0.05) is 18.2 Å². The van der Waals surface area contributed by atoms with Crippen LogP contribution in [0.3, 0.4) is 0 Å². The fourth-order valence-electron chi connectivity index (χ4n) is 2.94. The summed E-state index contributed by atoms with van der Waals surface area (Å²) in [5.74, 6) is -0.156. The lowest BCUT2D eigenvalue weighted by atomic mass is 10.1. The average Bonchev–Trinajstić information content (AvgIpc) is 2.96. The van der Waals surface area contributed by atoms with E-state index in [9.17, 15) is 23.3 Å². The fourth-order valence-corrected chi connectivity index (χ4v) is 4.50. The minimum atomic E-state index is -3.29. The molecule has 1 fully saturated rings. The number of nitrogens with zero attached hydrogens (tertiary/aromatic N) is 2. The maximum absolute atomic E-state index is 12.3. The molecule has 27 heavy (non-hydrogen) atoms. The molecule has 0 aliphatic carbocycles. The van der Waals surface area contributed by atoms with E-state index in [1.54, 1.807) is 18.2 Å². The number of nitro groups is 1. The van der Waals surface area contributed by atoms with Gasteiger partial charge in [-0.3, -0.25) is 19.2 Å². The van der Waals surface area contributed by atoms with Gasteiger partial charge in [0.2, 0.25) is 15.9 Å². The van der Waals surface area contributed by atoms with Crippen LogP contribution in [0.1, 0.15) is 17.5 Å². The monoisotopic (exact) mass is 389 g/mol. The fraction of sp³-hybridized carbons (Fsp3) is 0.278. The van der Waals surface area contributed by atoms with Gasteiger partial charge in [-0.2, -0.15) is 0 Å². The van der Waals surface area contributed by atoms with Gasteiger partial charge in [0.15, 0.2) is 0 Å². The second-order valence-corrected chi connectivity index (χ2v) is 8.40. The first-order valence-electron chi connectivity index (χ1n) is 8.40. The summed E-state index contributed by atoms with van der Waals surface area (Å²) in [6, 6.07) is 10.9. The number of hydrogen-bond donors (Lipinski definition) is 1. The van der Waals surface area contributed by atoms with E-state index in [1.165, 1.54) is 28.6 Å². The summed E-state index contributed by atoms with van der Waals surface area (Å²) < 4.78 is 25.5. The van der Waals surface area contributed by atoms with Crippen molar-refractivity contribution in [3.05, 3.63) is 63.7 Å². The molecule has 1 amide bonds. The van der Waals surface area contributed by atoms with Crippen molar-refractivity contribution in [2.24, 2.45) is 0 Å². The number of carbonyl (C=O) groups excluding carboxylic acids is 1. The topological polar surface area (TPSA) is 110 Å². The Morgan fingerprint density at radius 1 is 1.22 bits per heavy atom. The molecule has 1 heterocycles. The third-order valence-corrected chi connectivity index (χ3v) is 6.26. The van der Waals surface area contributed by atoms with E-state index in [4.69, 9.17) is 0 Å². The summed E-state index contributed by atoms with van der Waals surface area (Å²) in [5, 5.41) is 13.5. The lowest BCUT2D eigenvalue weighted by Crippen LogP contribution is -2.25. The van der Waals surface area contributed by atoms with Crippen molar-refractivity contribution in [1.82, 2.24) is 0 Å². The molecule has 142 valence electrons. The van der Waals surface area contributed by atoms with Crippen molar-refractivity contribution in [2.45, 2.75) is 19.8 Å². The molecule has 0 spiro atoms. The number of anilines is 2. The molecule has 0 radical (unpaired) electrons. The van der Waals surface area contributed by atoms with Crippen LogP contribution in [0.15, 0.2) is 42.5 Å². The van der Waals surface area contributed by atoms with Gasteiger partial charge in [-0.05, 0) is 36.6 Å². The molecule has 3 rings (SSSR count). The number of rotatable bonds is 5. The Kier molecular flexibility index (Phi) is 5.13. The van der Waals surface area contributed by atoms with Crippen LogP contribution in [-0.2, 0) is 21.2 Å². The second-order valence-electron chi connectivity index (χ2n) is 6.39. The molecular formula is C18H19N3O5S. The highest BCUT2D eigenvalue weighted by molar-refractivity contribution is 7.93. The number of non-ortho nitro benzene ring substituents is 1. The maximum atomic E-state index is 12.3. The Balaban J connectivity index is 1.74. The van der Waals surface area contributed by atoms with Crippen LogP contribution in [0.25, 0.3) is 0 Å². The van der Waals surface area contributed by atoms with E-state index in [2.05, 4.69) is 5.32 Å². The van der Waals surface area contributed by atoms with Crippen molar-refractivity contribution >= 4 is 33.0 Å². The van der Waals surface area contributed by atoms with Gasteiger partial charge in [0.25, 0.3) is 5.69 Å². The minimum Gasteiger partial charge on any atom is -0.325 e. The molecule has 9 heteroatoms. The average molecular weight is 389 g/mol. The standard InChI is InChI=1S/C18H19N3O5S/c1-13-3-6-16(20-9-2-10-27(20,25)26)12-17(13)19-18(22)11-14-4-7-15(8-5-14)21(23)24/h3-8,12H,2,9-11H2,1H3,(H,19,22). The zero-order valence-corrected chi connectivity index (χ0v) is 15.5. The van der Waals surface area contributed by atoms with Crippen LogP contribution >= 0.6 is 0 Å². The first-order chi connectivity index (χ1) is 12.8. The van der Waals surface area contributed by atoms with E-state index < -0.39 is 14.9 Å². The number of benzene rings is 2. The molecular weight excluding hydrogens is 370 g/mol. The van der Waals surface area contributed by atoms with Crippen LogP contribution < -0.4 is 9.62 Å². The van der Waals surface area contributed by atoms with Gasteiger partial charge in [-0.15, -0.1) is 0 Å². The van der Waals surface area contributed by atoms with Crippen LogP contribution in [0.2, 0.25) is 0 Å². The molecule has 1 aliphatic rings. The van der Waals surface area contributed by atoms with Crippen LogP contribution in [0.4, 0.5) is 17.1 Å². The van der Waals surface area contributed by atoms with Crippen molar-refractivity contribution in [1.29, 1.82) is 0 Å². The summed E-state index contributed by atoms with van der Waals surface area (Å²) in [5.41, 5.74) is 2.50. The van der Waals surface area contributed by atoms with Crippen LogP contribution in [-0.4, -0.2) is 31.5 Å². The van der Waals surface area contributed by atoms with Crippen LogP contribution in [0.5, 0.6) is 0 Å². The van der Waals surface area contributed by atoms with Gasteiger partial charge < -0.3 is 5.32 Å².